The summed E-state index contributed by atoms with van der Waals surface area (Å²) in [6, 6.07) is 5.47. The molecule has 18 heavy (non-hydrogen) atoms. The summed E-state index contributed by atoms with van der Waals surface area (Å²) >= 11 is 0. The maximum atomic E-state index is 13.7. The van der Waals surface area contributed by atoms with Crippen LogP contribution >= 0.6 is 0 Å². The molecule has 0 heterocycles. The molecule has 0 aromatic heterocycles. The average Bonchev–Trinajstić information content (AvgIpc) is 2.38. The van der Waals surface area contributed by atoms with E-state index in [1.54, 1.807) is 6.07 Å². The fourth-order valence-corrected chi connectivity index (χ4v) is 2.02. The number of hydrogen-bond acceptors (Lipinski definition) is 3. The fourth-order valence-electron chi connectivity index (χ4n) is 2.02. The molecule has 1 rings (SSSR count). The molecule has 0 bridgehead atoms. The van der Waals surface area contributed by atoms with E-state index in [1.165, 1.54) is 13.2 Å². The highest BCUT2D eigenvalue weighted by atomic mass is 19.1. The molecule has 0 aliphatic carbocycles. The monoisotopic (exact) mass is 254 g/mol. The molecule has 102 valence electrons. The molecule has 0 radical (unpaired) electrons. The van der Waals surface area contributed by atoms with Gasteiger partial charge in [0.1, 0.15) is 0 Å². The first-order valence-corrected chi connectivity index (χ1v) is 6.30. The Bertz CT molecular complexity index is 384. The molecule has 4 heteroatoms. The Kier molecular flexibility index (Phi) is 5.56. The highest BCUT2D eigenvalue weighted by Crippen LogP contribution is 2.26. The van der Waals surface area contributed by atoms with Gasteiger partial charge in [-0.05, 0) is 38.1 Å². The zero-order chi connectivity index (χ0) is 13.7. The number of nitrogens with two attached hydrogens (primary N) is 1. The third kappa shape index (κ3) is 3.21. The van der Waals surface area contributed by atoms with Gasteiger partial charge < -0.3 is 10.5 Å². The lowest BCUT2D eigenvalue weighted by atomic mass is 10.0. The van der Waals surface area contributed by atoms with Crippen LogP contribution in [0.4, 0.5) is 4.39 Å². The number of methoxy groups -OCH3 is 1. The summed E-state index contributed by atoms with van der Waals surface area (Å²) in [4.78, 5) is 2.18. The molecule has 2 N–H and O–H groups in total. The van der Waals surface area contributed by atoms with Gasteiger partial charge in [0.15, 0.2) is 11.6 Å². The van der Waals surface area contributed by atoms with Gasteiger partial charge in [0.25, 0.3) is 0 Å². The molecule has 0 saturated carbocycles. The van der Waals surface area contributed by atoms with E-state index in [0.29, 0.717) is 12.6 Å². The van der Waals surface area contributed by atoms with Crippen LogP contribution in [0.25, 0.3) is 0 Å². The quantitative estimate of drug-likeness (QED) is 0.848. The second kappa shape index (κ2) is 6.71. The van der Waals surface area contributed by atoms with Crippen molar-refractivity contribution in [2.24, 2.45) is 5.73 Å². The van der Waals surface area contributed by atoms with Crippen molar-refractivity contribution in [1.82, 2.24) is 4.90 Å². The molecule has 1 aromatic carbocycles. The van der Waals surface area contributed by atoms with E-state index in [9.17, 15) is 4.39 Å². The third-order valence-corrected chi connectivity index (χ3v) is 3.56. The first-order chi connectivity index (χ1) is 8.54. The van der Waals surface area contributed by atoms with Crippen molar-refractivity contribution in [3.05, 3.63) is 29.6 Å². The number of likely N-dealkylation sites (N-methyl/N-ethyl adjacent to an activating group) is 1. The second-order valence-corrected chi connectivity index (χ2v) is 4.57. The maximum Gasteiger partial charge on any atom is 0.165 e. The van der Waals surface area contributed by atoms with E-state index in [1.807, 2.05) is 13.1 Å². The van der Waals surface area contributed by atoms with E-state index in [4.69, 9.17) is 10.5 Å². The highest BCUT2D eigenvalue weighted by Gasteiger charge is 2.20. The van der Waals surface area contributed by atoms with Gasteiger partial charge in [-0.15, -0.1) is 0 Å². The Labute approximate surface area is 109 Å². The number of benzene rings is 1. The standard InChI is InChI=1S/C14H23FN2O/c1-5-10(2)17(3)13(9-16)11-6-7-14(18-4)12(15)8-11/h6-8,10,13H,5,9,16H2,1-4H3. The second-order valence-electron chi connectivity index (χ2n) is 4.57. The van der Waals surface area contributed by atoms with Crippen LogP contribution in [0.15, 0.2) is 18.2 Å². The van der Waals surface area contributed by atoms with Crippen LogP contribution in [-0.4, -0.2) is 31.6 Å². The van der Waals surface area contributed by atoms with Gasteiger partial charge >= 0.3 is 0 Å². The lowest BCUT2D eigenvalue weighted by molar-refractivity contribution is 0.184. The van der Waals surface area contributed by atoms with Crippen molar-refractivity contribution in [3.63, 3.8) is 0 Å². The summed E-state index contributed by atoms with van der Waals surface area (Å²) in [6.45, 7) is 4.73. The Morgan fingerprint density at radius 3 is 2.56 bits per heavy atom. The predicted octanol–water partition coefficient (Wildman–Crippen LogP) is 2.56. The van der Waals surface area contributed by atoms with Crippen molar-refractivity contribution in [1.29, 1.82) is 0 Å². The van der Waals surface area contributed by atoms with Crippen molar-refractivity contribution in [3.8, 4) is 5.75 Å². The van der Waals surface area contributed by atoms with E-state index in [0.717, 1.165) is 12.0 Å². The number of halogens is 1. The zero-order valence-corrected chi connectivity index (χ0v) is 11.6. The third-order valence-electron chi connectivity index (χ3n) is 3.56. The van der Waals surface area contributed by atoms with Gasteiger partial charge in [0.2, 0.25) is 0 Å². The number of hydrogen-bond donors (Lipinski definition) is 1. The first-order valence-electron chi connectivity index (χ1n) is 6.30. The minimum Gasteiger partial charge on any atom is -0.494 e. The van der Waals surface area contributed by atoms with Gasteiger partial charge in [-0.1, -0.05) is 13.0 Å². The fraction of sp³-hybridized carbons (Fsp3) is 0.571. The summed E-state index contributed by atoms with van der Waals surface area (Å²) in [7, 11) is 3.48. The Hall–Kier alpha value is -1.13. The van der Waals surface area contributed by atoms with Crippen molar-refractivity contribution >= 4 is 0 Å². The minimum atomic E-state index is -0.342. The van der Waals surface area contributed by atoms with Crippen LogP contribution in [0.2, 0.25) is 0 Å². The van der Waals surface area contributed by atoms with Gasteiger partial charge in [-0.2, -0.15) is 0 Å². The highest BCUT2D eigenvalue weighted by molar-refractivity contribution is 5.31. The lowest BCUT2D eigenvalue weighted by Crippen LogP contribution is -2.36. The van der Waals surface area contributed by atoms with E-state index >= 15 is 0 Å². The molecular weight excluding hydrogens is 231 g/mol. The van der Waals surface area contributed by atoms with Crippen LogP contribution < -0.4 is 10.5 Å². The van der Waals surface area contributed by atoms with E-state index in [2.05, 4.69) is 18.7 Å². The smallest absolute Gasteiger partial charge is 0.165 e. The minimum absolute atomic E-state index is 0.0281. The SMILES string of the molecule is CCC(C)N(C)C(CN)c1ccc(OC)c(F)c1. The summed E-state index contributed by atoms with van der Waals surface area (Å²) in [5.41, 5.74) is 6.71. The van der Waals surface area contributed by atoms with Crippen LogP contribution in [0.5, 0.6) is 5.75 Å². The molecule has 0 aliphatic rings. The maximum absolute atomic E-state index is 13.7. The number of nitrogens with zero attached hydrogens (tertiary/aromatic N) is 1. The largest absolute Gasteiger partial charge is 0.494 e. The lowest BCUT2D eigenvalue weighted by Gasteiger charge is -2.32. The predicted molar refractivity (Wildman–Crippen MR) is 72.3 cm³/mol. The van der Waals surface area contributed by atoms with Crippen molar-refractivity contribution < 1.29 is 9.13 Å². The summed E-state index contributed by atoms with van der Waals surface area (Å²) < 4.78 is 18.6. The Balaban J connectivity index is 2.98. The summed E-state index contributed by atoms with van der Waals surface area (Å²) in [5.74, 6) is -0.0771. The topological polar surface area (TPSA) is 38.5 Å². The molecule has 1 aromatic rings. The van der Waals surface area contributed by atoms with Crippen LogP contribution in [0.1, 0.15) is 31.9 Å². The van der Waals surface area contributed by atoms with Crippen LogP contribution in [-0.2, 0) is 0 Å². The summed E-state index contributed by atoms with van der Waals surface area (Å²) in [6.07, 6.45) is 1.03. The van der Waals surface area contributed by atoms with Gasteiger partial charge in [0.05, 0.1) is 7.11 Å². The summed E-state index contributed by atoms with van der Waals surface area (Å²) in [5, 5.41) is 0. The molecular formula is C14H23FN2O. The molecule has 0 fully saturated rings. The first kappa shape index (κ1) is 14.9. The van der Waals surface area contributed by atoms with Gasteiger partial charge in [-0.3, -0.25) is 4.90 Å². The van der Waals surface area contributed by atoms with Gasteiger partial charge in [0, 0.05) is 18.6 Å². The molecule has 0 amide bonds. The molecule has 3 nitrogen and oxygen atoms in total. The average molecular weight is 254 g/mol. The van der Waals surface area contributed by atoms with E-state index in [-0.39, 0.29) is 17.6 Å². The van der Waals surface area contributed by atoms with Gasteiger partial charge in [-0.25, -0.2) is 4.39 Å². The number of rotatable bonds is 6. The normalized spacial score (nSPS) is 14.6. The zero-order valence-electron chi connectivity index (χ0n) is 11.6. The van der Waals surface area contributed by atoms with E-state index < -0.39 is 0 Å². The Morgan fingerprint density at radius 2 is 2.11 bits per heavy atom. The molecule has 0 saturated heterocycles. The molecule has 0 spiro atoms. The van der Waals surface area contributed by atoms with Crippen molar-refractivity contribution in [2.45, 2.75) is 32.4 Å². The molecule has 2 atom stereocenters. The number of ether oxygens (including phenoxy) is 1. The molecule has 0 aliphatic heterocycles. The molecule has 2 unspecified atom stereocenters. The van der Waals surface area contributed by atoms with Crippen LogP contribution in [0, 0.1) is 5.82 Å². The van der Waals surface area contributed by atoms with Crippen LogP contribution in [0.3, 0.4) is 0 Å². The van der Waals surface area contributed by atoms with Crippen molar-refractivity contribution in [2.75, 3.05) is 20.7 Å². The Morgan fingerprint density at radius 1 is 1.44 bits per heavy atom.